The number of hydrogen-bond donors (Lipinski definition) is 2. The zero-order chi connectivity index (χ0) is 15.1. The molecule has 5 nitrogen and oxygen atoms in total. The lowest BCUT2D eigenvalue weighted by molar-refractivity contribution is -0.122. The van der Waals surface area contributed by atoms with Gasteiger partial charge in [-0.05, 0) is 29.8 Å². The maximum absolute atomic E-state index is 10.6. The van der Waals surface area contributed by atoms with Gasteiger partial charge in [0, 0.05) is 0 Å². The summed E-state index contributed by atoms with van der Waals surface area (Å²) in [5.74, 6) is 1.00. The Morgan fingerprint density at radius 1 is 1.00 bits per heavy atom. The van der Waals surface area contributed by atoms with Gasteiger partial charge in [0.1, 0.15) is 18.1 Å². The van der Waals surface area contributed by atoms with E-state index in [1.807, 2.05) is 54.6 Å². The van der Waals surface area contributed by atoms with E-state index in [1.54, 1.807) is 0 Å². The number of primary amides is 1. The normalized spacial score (nSPS) is 11.9. The highest BCUT2D eigenvalue weighted by molar-refractivity contribution is 5.74. The van der Waals surface area contributed by atoms with Crippen LogP contribution in [-0.4, -0.2) is 19.1 Å². The minimum atomic E-state index is -0.506. The third-order valence-electron chi connectivity index (χ3n) is 2.83. The van der Waals surface area contributed by atoms with E-state index < -0.39 is 5.91 Å². The van der Waals surface area contributed by atoms with Crippen molar-refractivity contribution in [1.82, 2.24) is 0 Å². The second kappa shape index (κ2) is 7.42. The van der Waals surface area contributed by atoms with Gasteiger partial charge < -0.3 is 20.9 Å². The quantitative estimate of drug-likeness (QED) is 0.814. The SMILES string of the molecule is NC(=O)COCC(N)c1ccc(Oc2ccccc2)cc1. The molecule has 0 aliphatic heterocycles. The number of ether oxygens (including phenoxy) is 2. The maximum atomic E-state index is 10.6. The molecular weight excluding hydrogens is 268 g/mol. The Morgan fingerprint density at radius 3 is 2.24 bits per heavy atom. The fourth-order valence-electron chi connectivity index (χ4n) is 1.79. The number of para-hydroxylation sites is 1. The lowest BCUT2D eigenvalue weighted by Gasteiger charge is -2.13. The molecule has 110 valence electrons. The molecule has 2 rings (SSSR count). The first-order valence-corrected chi connectivity index (χ1v) is 6.59. The van der Waals surface area contributed by atoms with Crippen LogP contribution in [0.2, 0.25) is 0 Å². The van der Waals surface area contributed by atoms with E-state index in [1.165, 1.54) is 0 Å². The van der Waals surface area contributed by atoms with Crippen LogP contribution in [0.1, 0.15) is 11.6 Å². The van der Waals surface area contributed by atoms with Gasteiger partial charge in [-0.25, -0.2) is 0 Å². The first-order valence-electron chi connectivity index (χ1n) is 6.59. The fourth-order valence-corrected chi connectivity index (χ4v) is 1.79. The molecule has 0 saturated heterocycles. The highest BCUT2D eigenvalue weighted by atomic mass is 16.5. The molecule has 4 N–H and O–H groups in total. The van der Waals surface area contributed by atoms with Crippen LogP contribution >= 0.6 is 0 Å². The predicted octanol–water partition coefficient (Wildman–Crippen LogP) is 1.98. The van der Waals surface area contributed by atoms with Crippen molar-refractivity contribution in [2.75, 3.05) is 13.2 Å². The summed E-state index contributed by atoms with van der Waals surface area (Å²) in [6.07, 6.45) is 0. The Bertz CT molecular complexity index is 570. The summed E-state index contributed by atoms with van der Waals surface area (Å²) in [5, 5.41) is 0. The molecule has 1 amide bonds. The predicted molar refractivity (Wildman–Crippen MR) is 79.9 cm³/mol. The standard InChI is InChI=1S/C16H18N2O3/c17-15(10-20-11-16(18)19)12-6-8-14(9-7-12)21-13-4-2-1-3-5-13/h1-9,15H,10-11,17H2,(H2,18,19). The van der Waals surface area contributed by atoms with E-state index in [9.17, 15) is 4.79 Å². The molecule has 2 aromatic carbocycles. The Balaban J connectivity index is 1.90. The number of carbonyl (C=O) groups is 1. The molecule has 0 radical (unpaired) electrons. The van der Waals surface area contributed by atoms with Crippen molar-refractivity contribution < 1.29 is 14.3 Å². The first-order chi connectivity index (χ1) is 10.1. The van der Waals surface area contributed by atoms with Gasteiger partial charge in [0.25, 0.3) is 0 Å². The Labute approximate surface area is 123 Å². The first kappa shape index (κ1) is 15.0. The van der Waals surface area contributed by atoms with Gasteiger partial charge in [-0.2, -0.15) is 0 Å². The van der Waals surface area contributed by atoms with Gasteiger partial charge in [0.05, 0.1) is 12.6 Å². The largest absolute Gasteiger partial charge is 0.457 e. The summed E-state index contributed by atoms with van der Waals surface area (Å²) >= 11 is 0. The fraction of sp³-hybridized carbons (Fsp3) is 0.188. The lowest BCUT2D eigenvalue weighted by atomic mass is 10.1. The molecule has 0 aromatic heterocycles. The van der Waals surface area contributed by atoms with E-state index in [2.05, 4.69) is 0 Å². The number of nitrogens with two attached hydrogens (primary N) is 2. The number of amides is 1. The van der Waals surface area contributed by atoms with Crippen molar-refractivity contribution in [3.63, 3.8) is 0 Å². The second-order valence-corrected chi connectivity index (χ2v) is 4.57. The van der Waals surface area contributed by atoms with E-state index in [0.717, 1.165) is 17.1 Å². The van der Waals surface area contributed by atoms with Crippen LogP contribution in [0, 0.1) is 0 Å². The van der Waals surface area contributed by atoms with Crippen molar-refractivity contribution in [2.45, 2.75) is 6.04 Å². The highest BCUT2D eigenvalue weighted by Gasteiger charge is 2.07. The zero-order valence-electron chi connectivity index (χ0n) is 11.6. The van der Waals surface area contributed by atoms with Crippen LogP contribution in [-0.2, 0) is 9.53 Å². The van der Waals surface area contributed by atoms with Crippen LogP contribution in [0.15, 0.2) is 54.6 Å². The molecule has 21 heavy (non-hydrogen) atoms. The summed E-state index contributed by atoms with van der Waals surface area (Å²) in [5.41, 5.74) is 11.9. The average molecular weight is 286 g/mol. The Morgan fingerprint density at radius 2 is 1.62 bits per heavy atom. The van der Waals surface area contributed by atoms with Crippen molar-refractivity contribution >= 4 is 5.91 Å². The lowest BCUT2D eigenvalue weighted by Crippen LogP contribution is -2.23. The van der Waals surface area contributed by atoms with Crippen molar-refractivity contribution in [3.05, 3.63) is 60.2 Å². The number of rotatable bonds is 7. The monoisotopic (exact) mass is 286 g/mol. The van der Waals surface area contributed by atoms with Gasteiger partial charge in [0.15, 0.2) is 0 Å². The van der Waals surface area contributed by atoms with Gasteiger partial charge >= 0.3 is 0 Å². The molecule has 0 aliphatic rings. The molecule has 0 fully saturated rings. The van der Waals surface area contributed by atoms with Gasteiger partial charge in [0.2, 0.25) is 5.91 Å². The van der Waals surface area contributed by atoms with Crippen molar-refractivity contribution in [3.8, 4) is 11.5 Å². The third-order valence-corrected chi connectivity index (χ3v) is 2.83. The number of benzene rings is 2. The Kier molecular flexibility index (Phi) is 5.31. The van der Waals surface area contributed by atoms with E-state index >= 15 is 0 Å². The molecule has 0 bridgehead atoms. The molecule has 1 unspecified atom stereocenters. The van der Waals surface area contributed by atoms with E-state index in [0.29, 0.717) is 0 Å². The molecule has 2 aromatic rings. The van der Waals surface area contributed by atoms with Gasteiger partial charge in [-0.3, -0.25) is 4.79 Å². The number of hydrogen-bond acceptors (Lipinski definition) is 4. The molecule has 0 spiro atoms. The smallest absolute Gasteiger partial charge is 0.243 e. The summed E-state index contributed by atoms with van der Waals surface area (Å²) in [6.45, 7) is 0.116. The van der Waals surface area contributed by atoms with Crippen LogP contribution < -0.4 is 16.2 Å². The average Bonchev–Trinajstić information content (AvgIpc) is 2.48. The van der Waals surface area contributed by atoms with Crippen LogP contribution in [0.25, 0.3) is 0 Å². The molecule has 0 aliphatic carbocycles. The van der Waals surface area contributed by atoms with E-state index in [4.69, 9.17) is 20.9 Å². The second-order valence-electron chi connectivity index (χ2n) is 4.57. The molecular formula is C16H18N2O3. The van der Waals surface area contributed by atoms with E-state index in [-0.39, 0.29) is 19.3 Å². The van der Waals surface area contributed by atoms with Gasteiger partial charge in [-0.15, -0.1) is 0 Å². The number of carbonyl (C=O) groups excluding carboxylic acids is 1. The van der Waals surface area contributed by atoms with Gasteiger partial charge in [-0.1, -0.05) is 30.3 Å². The third kappa shape index (κ3) is 4.91. The van der Waals surface area contributed by atoms with Crippen LogP contribution in [0.4, 0.5) is 0 Å². The van der Waals surface area contributed by atoms with Crippen molar-refractivity contribution in [1.29, 1.82) is 0 Å². The highest BCUT2D eigenvalue weighted by Crippen LogP contribution is 2.22. The summed E-state index contributed by atoms with van der Waals surface area (Å²) in [7, 11) is 0. The minimum absolute atomic E-state index is 0.122. The molecule has 0 heterocycles. The zero-order valence-corrected chi connectivity index (χ0v) is 11.6. The van der Waals surface area contributed by atoms with Crippen LogP contribution in [0.5, 0.6) is 11.5 Å². The summed E-state index contributed by atoms with van der Waals surface area (Å²) < 4.78 is 10.8. The summed E-state index contributed by atoms with van der Waals surface area (Å²) in [6, 6.07) is 16.6. The van der Waals surface area contributed by atoms with Crippen LogP contribution in [0.3, 0.4) is 0 Å². The Hall–Kier alpha value is -2.37. The maximum Gasteiger partial charge on any atom is 0.243 e. The van der Waals surface area contributed by atoms with Crippen molar-refractivity contribution in [2.24, 2.45) is 11.5 Å². The molecule has 1 atom stereocenters. The molecule has 0 saturated carbocycles. The molecule has 5 heteroatoms. The minimum Gasteiger partial charge on any atom is -0.457 e. The summed E-state index contributed by atoms with van der Waals surface area (Å²) in [4.78, 5) is 10.6. The topological polar surface area (TPSA) is 87.6 Å².